The van der Waals surface area contributed by atoms with Crippen LogP contribution in [0.2, 0.25) is 0 Å². The molecule has 0 unspecified atom stereocenters. The van der Waals surface area contributed by atoms with E-state index in [-0.39, 0.29) is 17.2 Å². The number of carboxylic acids is 1. The van der Waals surface area contributed by atoms with Crippen LogP contribution in [0.4, 0.5) is 0 Å². The van der Waals surface area contributed by atoms with E-state index in [9.17, 15) is 40.3 Å². The third kappa shape index (κ3) is 3.79. The van der Waals surface area contributed by atoms with E-state index < -0.39 is 60.6 Å². The number of ether oxygens (including phenoxy) is 1. The van der Waals surface area contributed by atoms with Gasteiger partial charge in [-0.3, -0.25) is 4.79 Å². The first-order valence-electron chi connectivity index (χ1n) is 8.80. The second-order valence-corrected chi connectivity index (χ2v) is 7.25. The molecular weight excluding hydrogens is 390 g/mol. The van der Waals surface area contributed by atoms with Crippen molar-refractivity contribution in [2.75, 3.05) is 6.61 Å². The standard InChI is InChI=1S/C17H23N3O9/c18-9(5-7-1-3-8(21)4-2-7)14(24)19-10(16(25)26)11-12(22)17(27)6-29-15(13(17)23)20(11)28/h1-4,9-13,15,21-23,27-28H,5-6,18H2,(H,19,24)(H,25,26)/t9-,10-,11+,12+,13+,15+,17-/m0/s1. The fourth-order valence-corrected chi connectivity index (χ4v) is 3.60. The van der Waals surface area contributed by atoms with Crippen LogP contribution in [0.25, 0.3) is 0 Å². The van der Waals surface area contributed by atoms with Gasteiger partial charge < -0.3 is 46.5 Å². The molecule has 0 spiro atoms. The third-order valence-corrected chi connectivity index (χ3v) is 5.30. The molecule has 12 heteroatoms. The number of hydrogen-bond donors (Lipinski definition) is 8. The van der Waals surface area contributed by atoms with Crippen LogP contribution in [-0.2, 0) is 20.7 Å². The van der Waals surface area contributed by atoms with Gasteiger partial charge in [0.1, 0.15) is 29.6 Å². The minimum atomic E-state index is -2.21. The lowest BCUT2D eigenvalue weighted by molar-refractivity contribution is -0.298. The first kappa shape index (κ1) is 21.4. The quantitative estimate of drug-likeness (QED) is 0.232. The van der Waals surface area contributed by atoms with Crippen LogP contribution >= 0.6 is 0 Å². The lowest BCUT2D eigenvalue weighted by Crippen LogP contribution is -2.74. The Balaban J connectivity index is 1.75. The fourth-order valence-electron chi connectivity index (χ4n) is 3.60. The van der Waals surface area contributed by atoms with E-state index in [4.69, 9.17) is 10.5 Å². The maximum absolute atomic E-state index is 12.4. The number of hydrogen-bond acceptors (Lipinski definition) is 10. The summed E-state index contributed by atoms with van der Waals surface area (Å²) in [6, 6.07) is 1.16. The van der Waals surface area contributed by atoms with Gasteiger partial charge in [0, 0.05) is 0 Å². The highest BCUT2D eigenvalue weighted by atomic mass is 16.6. The van der Waals surface area contributed by atoms with Crippen LogP contribution in [0.1, 0.15) is 5.56 Å². The van der Waals surface area contributed by atoms with Crippen molar-refractivity contribution in [3.05, 3.63) is 29.8 Å². The van der Waals surface area contributed by atoms with Crippen molar-refractivity contribution >= 4 is 11.9 Å². The van der Waals surface area contributed by atoms with E-state index in [1.165, 1.54) is 12.1 Å². The molecule has 2 heterocycles. The molecule has 1 aromatic rings. The molecule has 0 saturated carbocycles. The maximum Gasteiger partial charge on any atom is 0.328 e. The topological polar surface area (TPSA) is 206 Å². The Morgan fingerprint density at radius 3 is 2.48 bits per heavy atom. The fraction of sp³-hybridized carbons (Fsp3) is 0.529. The number of hydroxylamine groups is 2. The highest BCUT2D eigenvalue weighted by Gasteiger charge is 2.65. The highest BCUT2D eigenvalue weighted by Crippen LogP contribution is 2.38. The summed E-state index contributed by atoms with van der Waals surface area (Å²) in [5.41, 5.74) is 4.24. The molecule has 2 aliphatic rings. The zero-order chi connectivity index (χ0) is 21.5. The number of nitrogens with one attached hydrogen (secondary N) is 1. The van der Waals surface area contributed by atoms with Crippen LogP contribution in [0.5, 0.6) is 5.75 Å². The number of rotatable bonds is 6. The summed E-state index contributed by atoms with van der Waals surface area (Å²) in [6.45, 7) is -0.534. The number of amides is 1. The van der Waals surface area contributed by atoms with Crippen LogP contribution in [-0.4, -0.2) is 96.4 Å². The zero-order valence-corrected chi connectivity index (χ0v) is 15.1. The molecule has 0 aliphatic carbocycles. The first-order valence-corrected chi connectivity index (χ1v) is 8.80. The first-order chi connectivity index (χ1) is 13.6. The number of fused-ring (bicyclic) bond motifs is 2. The van der Waals surface area contributed by atoms with E-state index in [0.29, 0.717) is 5.56 Å². The Kier molecular flexibility index (Phi) is 5.78. The van der Waals surface area contributed by atoms with Gasteiger partial charge in [0.05, 0.1) is 18.7 Å². The van der Waals surface area contributed by atoms with Gasteiger partial charge in [-0.15, -0.1) is 0 Å². The summed E-state index contributed by atoms with van der Waals surface area (Å²) in [7, 11) is 0. The maximum atomic E-state index is 12.4. The summed E-state index contributed by atoms with van der Waals surface area (Å²) >= 11 is 0. The van der Waals surface area contributed by atoms with E-state index in [1.807, 2.05) is 0 Å². The summed E-state index contributed by atoms with van der Waals surface area (Å²) in [6.07, 6.45) is -5.07. The van der Waals surface area contributed by atoms with E-state index >= 15 is 0 Å². The molecule has 7 atom stereocenters. The molecule has 29 heavy (non-hydrogen) atoms. The van der Waals surface area contributed by atoms with Gasteiger partial charge in [0.2, 0.25) is 5.91 Å². The van der Waals surface area contributed by atoms with Crippen molar-refractivity contribution in [1.29, 1.82) is 0 Å². The number of carboxylic acid groups (broad SMARTS) is 1. The number of phenols is 1. The van der Waals surface area contributed by atoms with Crippen molar-refractivity contribution in [2.24, 2.45) is 5.73 Å². The van der Waals surface area contributed by atoms with Crippen molar-refractivity contribution in [1.82, 2.24) is 10.4 Å². The largest absolute Gasteiger partial charge is 0.508 e. The molecule has 2 bridgehead atoms. The number of aromatic hydroxyl groups is 1. The molecule has 2 aliphatic heterocycles. The van der Waals surface area contributed by atoms with Crippen LogP contribution in [0.3, 0.4) is 0 Å². The Labute approximate surface area is 164 Å². The Morgan fingerprint density at radius 1 is 1.28 bits per heavy atom. The number of aliphatic hydroxyl groups excluding tert-OH is 2. The van der Waals surface area contributed by atoms with Crippen molar-refractivity contribution in [3.8, 4) is 5.75 Å². The SMILES string of the molecule is N[C@@H](Cc1ccc(O)cc1)C(=O)N[C@H](C(=O)O)[C@@H]1[C@@H](O)[C@@]2(O)CO[C@H]([C@H]2O)N1O. The molecule has 3 rings (SSSR count). The number of nitrogens with two attached hydrogens (primary N) is 1. The average Bonchev–Trinajstić information content (AvgIpc) is 2.93. The normalized spacial score (nSPS) is 33.8. The van der Waals surface area contributed by atoms with Crippen LogP contribution in [0, 0.1) is 0 Å². The van der Waals surface area contributed by atoms with E-state index in [2.05, 4.69) is 5.32 Å². The monoisotopic (exact) mass is 413 g/mol. The average molecular weight is 413 g/mol. The molecule has 2 fully saturated rings. The number of aliphatic carboxylic acids is 1. The Morgan fingerprint density at radius 2 is 1.90 bits per heavy atom. The smallest absolute Gasteiger partial charge is 0.328 e. The number of carbonyl (C=O) groups is 2. The molecule has 1 aromatic carbocycles. The van der Waals surface area contributed by atoms with Crippen LogP contribution in [0.15, 0.2) is 24.3 Å². The molecule has 0 radical (unpaired) electrons. The summed E-state index contributed by atoms with van der Waals surface area (Å²) < 4.78 is 5.04. The lowest BCUT2D eigenvalue weighted by atomic mass is 9.81. The predicted molar refractivity (Wildman–Crippen MR) is 93.5 cm³/mol. The van der Waals surface area contributed by atoms with Gasteiger partial charge >= 0.3 is 5.97 Å². The molecule has 2 saturated heterocycles. The predicted octanol–water partition coefficient (Wildman–Crippen LogP) is -3.29. The second kappa shape index (κ2) is 7.84. The molecule has 160 valence electrons. The molecular formula is C17H23N3O9. The van der Waals surface area contributed by atoms with Crippen molar-refractivity contribution in [3.63, 3.8) is 0 Å². The van der Waals surface area contributed by atoms with Crippen molar-refractivity contribution < 1.29 is 45.1 Å². The second-order valence-electron chi connectivity index (χ2n) is 7.25. The van der Waals surface area contributed by atoms with E-state index in [1.54, 1.807) is 12.1 Å². The van der Waals surface area contributed by atoms with Gasteiger partial charge in [-0.25, -0.2) is 4.79 Å². The summed E-state index contributed by atoms with van der Waals surface area (Å²) in [5, 5.41) is 62.4. The highest BCUT2D eigenvalue weighted by molar-refractivity contribution is 5.87. The van der Waals surface area contributed by atoms with Gasteiger partial charge in [-0.1, -0.05) is 12.1 Å². The summed E-state index contributed by atoms with van der Waals surface area (Å²) in [4.78, 5) is 24.2. The van der Waals surface area contributed by atoms with Crippen molar-refractivity contribution in [2.45, 2.75) is 48.6 Å². The number of piperidine rings is 1. The number of phenolic OH excluding ortho intramolecular Hbond substituents is 1. The third-order valence-electron chi connectivity index (χ3n) is 5.30. The number of aliphatic hydroxyl groups is 3. The molecule has 1 amide bonds. The molecule has 0 aromatic heterocycles. The Bertz CT molecular complexity index is 776. The summed E-state index contributed by atoms with van der Waals surface area (Å²) in [5.74, 6) is -2.45. The minimum absolute atomic E-state index is 0.0307. The van der Waals surface area contributed by atoms with Gasteiger partial charge in [-0.2, -0.15) is 5.06 Å². The zero-order valence-electron chi connectivity index (χ0n) is 15.1. The minimum Gasteiger partial charge on any atom is -0.508 e. The number of benzene rings is 1. The number of carbonyl (C=O) groups excluding carboxylic acids is 1. The Hall–Kier alpha value is -2.32. The lowest BCUT2D eigenvalue weighted by Gasteiger charge is -2.46. The van der Waals surface area contributed by atoms with Gasteiger partial charge in [0.15, 0.2) is 6.23 Å². The van der Waals surface area contributed by atoms with Gasteiger partial charge in [-0.05, 0) is 24.1 Å². The molecule has 9 N–H and O–H groups in total. The van der Waals surface area contributed by atoms with Crippen LogP contribution < -0.4 is 11.1 Å². The number of nitrogens with zero attached hydrogens (tertiary/aromatic N) is 1. The van der Waals surface area contributed by atoms with Gasteiger partial charge in [0.25, 0.3) is 0 Å². The van der Waals surface area contributed by atoms with E-state index in [0.717, 1.165) is 0 Å². The molecule has 12 nitrogen and oxygen atoms in total.